The summed E-state index contributed by atoms with van der Waals surface area (Å²) in [5.41, 5.74) is 1.38. The predicted molar refractivity (Wildman–Crippen MR) is 77.8 cm³/mol. The van der Waals surface area contributed by atoms with Gasteiger partial charge in [-0.3, -0.25) is 4.79 Å². The summed E-state index contributed by atoms with van der Waals surface area (Å²) in [6, 6.07) is 3.20. The number of rotatable bonds is 5. The lowest BCUT2D eigenvalue weighted by molar-refractivity contribution is -0.131. The number of carbonyl (C=O) groups excluding carboxylic acids is 1. The molecule has 0 fully saturated rings. The molecular weight excluding hydrogens is 302 g/mol. The Bertz CT molecular complexity index is 613. The third kappa shape index (κ3) is 4.11. The Hall–Kier alpha value is -1.27. The second-order valence-electron chi connectivity index (χ2n) is 4.54. The molecule has 20 heavy (non-hydrogen) atoms. The highest BCUT2D eigenvalue weighted by molar-refractivity contribution is 8.13. The molecule has 5 nitrogen and oxygen atoms in total. The second-order valence-corrected chi connectivity index (χ2v) is 7.08. The Morgan fingerprint density at radius 1 is 1.35 bits per heavy atom. The van der Waals surface area contributed by atoms with Gasteiger partial charge in [0.15, 0.2) is 6.61 Å². The van der Waals surface area contributed by atoms with Crippen molar-refractivity contribution in [1.82, 2.24) is 4.90 Å². The number of carbonyl (C=O) groups is 1. The van der Waals surface area contributed by atoms with Crippen molar-refractivity contribution in [2.24, 2.45) is 0 Å². The van der Waals surface area contributed by atoms with Gasteiger partial charge in [-0.2, -0.15) is 0 Å². The lowest BCUT2D eigenvalue weighted by Gasteiger charge is -2.17. The maximum Gasteiger partial charge on any atom is 0.265 e. The summed E-state index contributed by atoms with van der Waals surface area (Å²) in [5.74, 6) is -0.103. The number of hydrogen-bond donors (Lipinski definition) is 0. The van der Waals surface area contributed by atoms with Crippen molar-refractivity contribution < 1.29 is 17.9 Å². The van der Waals surface area contributed by atoms with E-state index in [0.717, 1.165) is 5.56 Å². The standard InChI is InChI=1S/C13H18ClNO4S/c1-5-15(4)12(16)8-19-13-10(3)6-9(2)7-11(13)20(14,17)18/h6-7H,5,8H2,1-4H3. The van der Waals surface area contributed by atoms with E-state index in [4.69, 9.17) is 15.4 Å². The first-order chi connectivity index (χ1) is 9.16. The molecule has 1 amide bonds. The highest BCUT2D eigenvalue weighted by Gasteiger charge is 2.20. The van der Waals surface area contributed by atoms with E-state index in [-0.39, 0.29) is 23.2 Å². The van der Waals surface area contributed by atoms with Crippen molar-refractivity contribution in [2.75, 3.05) is 20.2 Å². The van der Waals surface area contributed by atoms with Gasteiger partial charge in [-0.25, -0.2) is 8.42 Å². The van der Waals surface area contributed by atoms with Crippen LogP contribution < -0.4 is 4.74 Å². The van der Waals surface area contributed by atoms with E-state index in [2.05, 4.69) is 0 Å². The molecule has 0 aliphatic carbocycles. The first-order valence-corrected chi connectivity index (χ1v) is 8.40. The fourth-order valence-electron chi connectivity index (χ4n) is 1.70. The van der Waals surface area contributed by atoms with Gasteiger partial charge in [0, 0.05) is 24.3 Å². The number of amides is 1. The minimum Gasteiger partial charge on any atom is -0.482 e. The Labute approximate surface area is 123 Å². The summed E-state index contributed by atoms with van der Waals surface area (Å²) in [4.78, 5) is 13.1. The van der Waals surface area contributed by atoms with Crippen LogP contribution in [0.15, 0.2) is 17.0 Å². The third-order valence-corrected chi connectivity index (χ3v) is 4.21. The molecule has 0 saturated heterocycles. The zero-order chi connectivity index (χ0) is 15.5. The molecular formula is C13H18ClNO4S. The Morgan fingerprint density at radius 2 is 1.95 bits per heavy atom. The lowest BCUT2D eigenvalue weighted by Crippen LogP contribution is -2.31. The molecule has 0 aromatic heterocycles. The minimum atomic E-state index is -3.93. The summed E-state index contributed by atoms with van der Waals surface area (Å²) in [6.07, 6.45) is 0. The zero-order valence-electron chi connectivity index (χ0n) is 11.9. The van der Waals surface area contributed by atoms with Crippen LogP contribution in [0.1, 0.15) is 18.1 Å². The predicted octanol–water partition coefficient (Wildman–Crippen LogP) is 2.09. The zero-order valence-corrected chi connectivity index (χ0v) is 13.5. The van der Waals surface area contributed by atoms with Crippen LogP contribution >= 0.6 is 10.7 Å². The molecule has 0 atom stereocenters. The number of aryl methyl sites for hydroxylation is 2. The molecule has 0 unspecified atom stereocenters. The largest absolute Gasteiger partial charge is 0.482 e. The third-order valence-electron chi connectivity index (χ3n) is 2.89. The smallest absolute Gasteiger partial charge is 0.265 e. The van der Waals surface area contributed by atoms with E-state index < -0.39 is 9.05 Å². The first-order valence-electron chi connectivity index (χ1n) is 6.09. The molecule has 0 aliphatic heterocycles. The van der Waals surface area contributed by atoms with E-state index in [9.17, 15) is 13.2 Å². The number of benzene rings is 1. The fourth-order valence-corrected chi connectivity index (χ4v) is 2.81. The molecule has 0 heterocycles. The monoisotopic (exact) mass is 319 g/mol. The molecule has 7 heteroatoms. The van der Waals surface area contributed by atoms with Crippen molar-refractivity contribution in [1.29, 1.82) is 0 Å². The molecule has 0 aliphatic rings. The Kier molecular flexibility index (Phi) is 5.42. The van der Waals surface area contributed by atoms with Crippen LogP contribution in [-0.2, 0) is 13.8 Å². The van der Waals surface area contributed by atoms with Crippen LogP contribution in [0.5, 0.6) is 5.75 Å². The van der Waals surface area contributed by atoms with Gasteiger partial charge in [0.2, 0.25) is 0 Å². The lowest BCUT2D eigenvalue weighted by atomic mass is 10.1. The fraction of sp³-hybridized carbons (Fsp3) is 0.462. The molecule has 1 aromatic carbocycles. The van der Waals surface area contributed by atoms with Gasteiger partial charge in [0.1, 0.15) is 10.6 Å². The summed E-state index contributed by atoms with van der Waals surface area (Å²) in [5, 5.41) is 0. The first kappa shape index (κ1) is 16.8. The quantitative estimate of drug-likeness (QED) is 0.780. The summed E-state index contributed by atoms with van der Waals surface area (Å²) in [7, 11) is 3.13. The maximum atomic E-state index is 11.7. The minimum absolute atomic E-state index is 0.108. The van der Waals surface area contributed by atoms with Gasteiger partial charge >= 0.3 is 0 Å². The summed E-state index contributed by atoms with van der Waals surface area (Å²) < 4.78 is 28.5. The average molecular weight is 320 g/mol. The van der Waals surface area contributed by atoms with Crippen molar-refractivity contribution in [3.05, 3.63) is 23.3 Å². The Balaban J connectivity index is 3.09. The molecule has 0 radical (unpaired) electrons. The molecule has 0 N–H and O–H groups in total. The molecule has 0 bridgehead atoms. The van der Waals surface area contributed by atoms with Crippen LogP contribution in [0.4, 0.5) is 0 Å². The van der Waals surface area contributed by atoms with E-state index in [0.29, 0.717) is 12.1 Å². The van der Waals surface area contributed by atoms with Gasteiger partial charge in [-0.1, -0.05) is 6.07 Å². The molecule has 1 rings (SSSR count). The maximum absolute atomic E-state index is 11.7. The molecule has 1 aromatic rings. The van der Waals surface area contributed by atoms with E-state index in [1.165, 1.54) is 11.0 Å². The SMILES string of the molecule is CCN(C)C(=O)COc1c(C)cc(C)cc1S(=O)(=O)Cl. The van der Waals surface area contributed by atoms with Gasteiger partial charge in [0.05, 0.1) is 0 Å². The van der Waals surface area contributed by atoms with Crippen LogP contribution in [0.2, 0.25) is 0 Å². The summed E-state index contributed by atoms with van der Waals surface area (Å²) >= 11 is 0. The van der Waals surface area contributed by atoms with E-state index in [1.807, 2.05) is 6.92 Å². The van der Waals surface area contributed by atoms with Gasteiger partial charge in [-0.15, -0.1) is 0 Å². The normalized spacial score (nSPS) is 11.2. The van der Waals surface area contributed by atoms with Crippen LogP contribution in [0.25, 0.3) is 0 Å². The number of nitrogens with zero attached hydrogens (tertiary/aromatic N) is 1. The number of hydrogen-bond acceptors (Lipinski definition) is 4. The molecule has 0 spiro atoms. The molecule has 0 saturated carbocycles. The van der Waals surface area contributed by atoms with Crippen molar-refractivity contribution in [3.63, 3.8) is 0 Å². The van der Waals surface area contributed by atoms with Crippen LogP contribution in [-0.4, -0.2) is 39.4 Å². The molecule has 112 valence electrons. The number of ether oxygens (including phenoxy) is 1. The van der Waals surface area contributed by atoms with Crippen LogP contribution in [0, 0.1) is 13.8 Å². The van der Waals surface area contributed by atoms with Crippen molar-refractivity contribution >= 4 is 25.6 Å². The van der Waals surface area contributed by atoms with Gasteiger partial charge in [-0.05, 0) is 38.0 Å². The van der Waals surface area contributed by atoms with E-state index >= 15 is 0 Å². The van der Waals surface area contributed by atoms with E-state index in [1.54, 1.807) is 27.0 Å². The Morgan fingerprint density at radius 3 is 2.45 bits per heavy atom. The van der Waals surface area contributed by atoms with Gasteiger partial charge < -0.3 is 9.64 Å². The second kappa shape index (κ2) is 6.45. The van der Waals surface area contributed by atoms with Crippen LogP contribution in [0.3, 0.4) is 0 Å². The van der Waals surface area contributed by atoms with Crippen molar-refractivity contribution in [2.45, 2.75) is 25.7 Å². The van der Waals surface area contributed by atoms with Gasteiger partial charge in [0.25, 0.3) is 15.0 Å². The highest BCUT2D eigenvalue weighted by atomic mass is 35.7. The average Bonchev–Trinajstić information content (AvgIpc) is 2.34. The van der Waals surface area contributed by atoms with Crippen molar-refractivity contribution in [3.8, 4) is 5.75 Å². The topological polar surface area (TPSA) is 63.7 Å². The number of halogens is 1. The number of likely N-dealkylation sites (N-methyl/N-ethyl adjacent to an activating group) is 1. The summed E-state index contributed by atoms with van der Waals surface area (Å²) in [6.45, 7) is 5.63. The highest BCUT2D eigenvalue weighted by Crippen LogP contribution is 2.31.